The van der Waals surface area contributed by atoms with Crippen LogP contribution in [0.4, 0.5) is 0 Å². The Bertz CT molecular complexity index is 1090. The topological polar surface area (TPSA) is 125 Å². The Morgan fingerprint density at radius 3 is 2.06 bits per heavy atom. The van der Waals surface area contributed by atoms with E-state index in [-0.39, 0.29) is 36.0 Å². The number of aliphatic hydroxyl groups excluding tert-OH is 1. The number of esters is 2. The van der Waals surface area contributed by atoms with Gasteiger partial charge in [0.05, 0.1) is 24.7 Å². The van der Waals surface area contributed by atoms with Crippen molar-refractivity contribution in [2.45, 2.75) is 32.8 Å². The van der Waals surface area contributed by atoms with E-state index in [0.29, 0.717) is 16.7 Å². The van der Waals surface area contributed by atoms with E-state index in [1.165, 1.54) is 0 Å². The molecule has 0 spiro atoms. The first-order valence-corrected chi connectivity index (χ1v) is 10.9. The highest BCUT2D eigenvalue weighted by molar-refractivity contribution is 6.00. The van der Waals surface area contributed by atoms with Crippen molar-refractivity contribution < 1.29 is 33.7 Å². The third-order valence-corrected chi connectivity index (χ3v) is 5.37. The van der Waals surface area contributed by atoms with Crippen molar-refractivity contribution in [3.05, 3.63) is 94.1 Å². The van der Waals surface area contributed by atoms with E-state index < -0.39 is 29.7 Å². The highest BCUT2D eigenvalue weighted by atomic mass is 16.5. The van der Waals surface area contributed by atoms with Crippen LogP contribution in [0.5, 0.6) is 0 Å². The Hall–Kier alpha value is -3.91. The molecule has 2 unspecified atom stereocenters. The fourth-order valence-electron chi connectivity index (χ4n) is 3.78. The van der Waals surface area contributed by atoms with Gasteiger partial charge in [-0.25, -0.2) is 9.59 Å². The second-order valence-corrected chi connectivity index (χ2v) is 7.52. The molecule has 0 saturated heterocycles. The van der Waals surface area contributed by atoms with Gasteiger partial charge in [-0.3, -0.25) is 4.79 Å². The zero-order valence-corrected chi connectivity index (χ0v) is 19.2. The Labute approximate surface area is 197 Å². The molecule has 2 atom stereocenters. The van der Waals surface area contributed by atoms with Crippen molar-refractivity contribution in [3.8, 4) is 0 Å². The maximum atomic E-state index is 12.8. The number of rotatable bonds is 8. The van der Waals surface area contributed by atoms with Crippen LogP contribution < -0.4 is 5.73 Å². The molecule has 3 N–H and O–H groups in total. The number of allylic oxidation sites excluding steroid dienone is 1. The summed E-state index contributed by atoms with van der Waals surface area (Å²) in [7, 11) is 0. The normalized spacial score (nSPS) is 16.5. The monoisotopic (exact) mass is 465 g/mol. The molecule has 0 saturated carbocycles. The summed E-state index contributed by atoms with van der Waals surface area (Å²) in [6, 6.07) is 14.8. The maximum Gasteiger partial charge on any atom is 0.340 e. The standard InChI is InChI=1S/C26H27NO7/c1-4-32-25(30)19-15(3)34-24(27)21(26(31)33-5-2)20(19)16-11-13-18(14-12-16)23(29)22(28)17-9-7-6-8-10-17/h6-14,20,23,29H,4-5,27H2,1-3H3. The number of carbonyl (C=O) groups excluding carboxylic acids is 3. The molecule has 0 aliphatic carbocycles. The lowest BCUT2D eigenvalue weighted by Gasteiger charge is -2.29. The smallest absolute Gasteiger partial charge is 0.340 e. The minimum absolute atomic E-state index is 0.0239. The van der Waals surface area contributed by atoms with E-state index in [9.17, 15) is 19.5 Å². The van der Waals surface area contributed by atoms with Crippen LogP contribution in [0.25, 0.3) is 0 Å². The highest BCUT2D eigenvalue weighted by Crippen LogP contribution is 2.40. The molecule has 178 valence electrons. The molecule has 1 aliphatic rings. The van der Waals surface area contributed by atoms with Gasteiger partial charge >= 0.3 is 11.9 Å². The van der Waals surface area contributed by atoms with Gasteiger partial charge in [-0.15, -0.1) is 0 Å². The lowest BCUT2D eigenvalue weighted by molar-refractivity contribution is -0.140. The van der Waals surface area contributed by atoms with Gasteiger partial charge in [0, 0.05) is 5.56 Å². The van der Waals surface area contributed by atoms with Crippen molar-refractivity contribution in [1.82, 2.24) is 0 Å². The van der Waals surface area contributed by atoms with E-state index >= 15 is 0 Å². The van der Waals surface area contributed by atoms with Crippen molar-refractivity contribution >= 4 is 17.7 Å². The van der Waals surface area contributed by atoms with E-state index in [0.717, 1.165) is 0 Å². The molecule has 34 heavy (non-hydrogen) atoms. The number of aliphatic hydroxyl groups is 1. The quantitative estimate of drug-likeness (QED) is 0.449. The van der Waals surface area contributed by atoms with Gasteiger partial charge in [-0.05, 0) is 31.9 Å². The summed E-state index contributed by atoms with van der Waals surface area (Å²) >= 11 is 0. The number of hydrogen-bond acceptors (Lipinski definition) is 8. The molecule has 0 amide bonds. The van der Waals surface area contributed by atoms with Crippen LogP contribution in [0, 0.1) is 0 Å². The number of carbonyl (C=O) groups is 3. The Kier molecular flexibility index (Phi) is 7.86. The molecule has 1 aliphatic heterocycles. The third-order valence-electron chi connectivity index (χ3n) is 5.37. The second-order valence-electron chi connectivity index (χ2n) is 7.52. The summed E-state index contributed by atoms with van der Waals surface area (Å²) < 4.78 is 15.8. The molecular weight excluding hydrogens is 438 g/mol. The average Bonchev–Trinajstić information content (AvgIpc) is 2.83. The van der Waals surface area contributed by atoms with Gasteiger partial charge in [-0.1, -0.05) is 54.6 Å². The van der Waals surface area contributed by atoms with Crippen molar-refractivity contribution in [1.29, 1.82) is 0 Å². The van der Waals surface area contributed by atoms with Crippen LogP contribution in [-0.4, -0.2) is 36.0 Å². The molecular formula is C26H27NO7. The molecule has 0 aromatic heterocycles. The van der Waals surface area contributed by atoms with Crippen LogP contribution >= 0.6 is 0 Å². The molecule has 0 bridgehead atoms. The van der Waals surface area contributed by atoms with Crippen LogP contribution in [0.2, 0.25) is 0 Å². The first kappa shape index (κ1) is 24.7. The SMILES string of the molecule is CCOC(=O)C1=C(C)OC(N)=C(C(=O)OCC)C1c1ccc(C(O)C(=O)c2ccccc2)cc1. The summed E-state index contributed by atoms with van der Waals surface area (Å²) in [5, 5.41) is 10.6. The minimum Gasteiger partial charge on any atom is -0.463 e. The Morgan fingerprint density at radius 1 is 0.941 bits per heavy atom. The molecule has 3 rings (SSSR count). The van der Waals surface area contributed by atoms with Crippen LogP contribution in [0.1, 0.15) is 54.3 Å². The number of Topliss-reactive ketones (excluding diaryl/α,β-unsaturated/α-hetero) is 1. The van der Waals surface area contributed by atoms with Gasteiger partial charge in [0.2, 0.25) is 5.88 Å². The minimum atomic E-state index is -1.38. The summed E-state index contributed by atoms with van der Waals surface area (Å²) in [5.41, 5.74) is 7.38. The number of benzene rings is 2. The lowest BCUT2D eigenvalue weighted by Crippen LogP contribution is -2.30. The van der Waals surface area contributed by atoms with E-state index in [4.69, 9.17) is 19.9 Å². The number of hydrogen-bond donors (Lipinski definition) is 2. The average molecular weight is 466 g/mol. The van der Waals surface area contributed by atoms with Gasteiger partial charge < -0.3 is 25.1 Å². The maximum absolute atomic E-state index is 12.8. The third kappa shape index (κ3) is 5.02. The van der Waals surface area contributed by atoms with E-state index in [1.54, 1.807) is 75.4 Å². The second kappa shape index (κ2) is 10.8. The van der Waals surface area contributed by atoms with Gasteiger partial charge in [0.15, 0.2) is 5.78 Å². The highest BCUT2D eigenvalue weighted by Gasteiger charge is 2.40. The predicted octanol–water partition coefficient (Wildman–Crippen LogP) is 3.29. The largest absolute Gasteiger partial charge is 0.463 e. The van der Waals surface area contributed by atoms with Crippen LogP contribution in [0.3, 0.4) is 0 Å². The van der Waals surface area contributed by atoms with E-state index in [2.05, 4.69) is 0 Å². The van der Waals surface area contributed by atoms with Gasteiger partial charge in [-0.2, -0.15) is 0 Å². The summed E-state index contributed by atoms with van der Waals surface area (Å²) in [5.74, 6) is -2.69. The summed E-state index contributed by atoms with van der Waals surface area (Å²) in [4.78, 5) is 38.2. The molecule has 2 aromatic rings. The number of ether oxygens (including phenoxy) is 3. The molecule has 8 nitrogen and oxygen atoms in total. The molecule has 2 aromatic carbocycles. The predicted molar refractivity (Wildman–Crippen MR) is 123 cm³/mol. The molecule has 1 heterocycles. The summed E-state index contributed by atoms with van der Waals surface area (Å²) in [6.07, 6.45) is -1.38. The molecule has 0 fully saturated rings. The summed E-state index contributed by atoms with van der Waals surface area (Å²) in [6.45, 7) is 5.11. The van der Waals surface area contributed by atoms with Gasteiger partial charge in [0.1, 0.15) is 17.4 Å². The molecule has 0 radical (unpaired) electrons. The fourth-order valence-corrected chi connectivity index (χ4v) is 3.78. The first-order chi connectivity index (χ1) is 16.3. The zero-order valence-electron chi connectivity index (χ0n) is 19.2. The zero-order chi connectivity index (χ0) is 24.8. The van der Waals surface area contributed by atoms with Crippen molar-refractivity contribution in [3.63, 3.8) is 0 Å². The van der Waals surface area contributed by atoms with Crippen LogP contribution in [-0.2, 0) is 23.8 Å². The lowest BCUT2D eigenvalue weighted by atomic mass is 9.82. The van der Waals surface area contributed by atoms with Crippen molar-refractivity contribution in [2.24, 2.45) is 5.73 Å². The van der Waals surface area contributed by atoms with Crippen molar-refractivity contribution in [2.75, 3.05) is 13.2 Å². The van der Waals surface area contributed by atoms with Crippen LogP contribution in [0.15, 0.2) is 77.4 Å². The fraction of sp³-hybridized carbons (Fsp3) is 0.269. The Balaban J connectivity index is 2.02. The van der Waals surface area contributed by atoms with E-state index in [1.807, 2.05) is 0 Å². The first-order valence-electron chi connectivity index (χ1n) is 10.9. The van der Waals surface area contributed by atoms with Gasteiger partial charge in [0.25, 0.3) is 0 Å². The number of nitrogens with two attached hydrogens (primary N) is 1. The Morgan fingerprint density at radius 2 is 1.50 bits per heavy atom. The molecule has 8 heteroatoms. The number of ketones is 1.